The maximum atomic E-state index is 14.7. The van der Waals surface area contributed by atoms with Crippen LogP contribution >= 0.6 is 0 Å². The van der Waals surface area contributed by atoms with E-state index in [0.717, 1.165) is 54.4 Å². The van der Waals surface area contributed by atoms with Crippen LogP contribution in [0.5, 0.6) is 0 Å². The largest absolute Gasteiger partial charge is 0.206 e. The highest BCUT2D eigenvalue weighted by Gasteiger charge is 2.30. The van der Waals surface area contributed by atoms with Crippen molar-refractivity contribution < 1.29 is 17.6 Å². The van der Waals surface area contributed by atoms with Gasteiger partial charge < -0.3 is 0 Å². The normalized spacial score (nSPS) is 23.4. The summed E-state index contributed by atoms with van der Waals surface area (Å²) in [5.41, 5.74) is 2.36. The highest BCUT2D eigenvalue weighted by atomic mass is 19.2. The summed E-state index contributed by atoms with van der Waals surface area (Å²) in [4.78, 5) is 0. The summed E-state index contributed by atoms with van der Waals surface area (Å²) in [6, 6.07) is 4.98. The molecule has 4 rings (SSSR count). The number of aryl methyl sites for hydroxylation is 1. The maximum Gasteiger partial charge on any atom is 0.194 e. The van der Waals surface area contributed by atoms with Gasteiger partial charge in [-0.1, -0.05) is 38.0 Å². The third-order valence-electron chi connectivity index (χ3n) is 7.02. The van der Waals surface area contributed by atoms with Gasteiger partial charge in [0.15, 0.2) is 17.5 Å². The molecule has 0 nitrogen and oxygen atoms in total. The highest BCUT2D eigenvalue weighted by Crippen LogP contribution is 2.40. The molecule has 0 bridgehead atoms. The van der Waals surface area contributed by atoms with E-state index in [1.165, 1.54) is 32.1 Å². The number of benzene rings is 2. The molecule has 0 heterocycles. The SMILES string of the molecule is CCC1CCC(C2CCc3cc(C#Cc4cc(F)c(F)c(F)c4)c(F)cc3C2)CC1. The van der Waals surface area contributed by atoms with Gasteiger partial charge in [0, 0.05) is 5.56 Å². The zero-order chi connectivity index (χ0) is 21.3. The molecule has 1 unspecified atom stereocenters. The second-order valence-corrected chi connectivity index (χ2v) is 8.80. The van der Waals surface area contributed by atoms with Gasteiger partial charge in [-0.25, -0.2) is 17.6 Å². The number of hydrogen-bond donors (Lipinski definition) is 0. The average molecular weight is 414 g/mol. The zero-order valence-corrected chi connectivity index (χ0v) is 17.2. The zero-order valence-electron chi connectivity index (χ0n) is 17.2. The van der Waals surface area contributed by atoms with Crippen LogP contribution in [-0.4, -0.2) is 0 Å². The summed E-state index contributed by atoms with van der Waals surface area (Å²) in [5.74, 6) is 2.90. The quantitative estimate of drug-likeness (QED) is 0.283. The third kappa shape index (κ3) is 4.41. The van der Waals surface area contributed by atoms with Crippen LogP contribution in [0.25, 0.3) is 0 Å². The predicted molar refractivity (Wildman–Crippen MR) is 110 cm³/mol. The van der Waals surface area contributed by atoms with Crippen molar-refractivity contribution >= 4 is 0 Å². The van der Waals surface area contributed by atoms with Crippen LogP contribution in [0.4, 0.5) is 17.6 Å². The minimum absolute atomic E-state index is 0.0220. The molecule has 30 heavy (non-hydrogen) atoms. The molecule has 158 valence electrons. The second-order valence-electron chi connectivity index (χ2n) is 8.80. The molecule has 0 saturated heterocycles. The van der Waals surface area contributed by atoms with Gasteiger partial charge in [-0.2, -0.15) is 0 Å². The number of rotatable bonds is 2. The Labute approximate surface area is 175 Å². The lowest BCUT2D eigenvalue weighted by molar-refractivity contribution is 0.187. The van der Waals surface area contributed by atoms with Crippen LogP contribution in [0.1, 0.15) is 67.7 Å². The first-order chi connectivity index (χ1) is 14.4. The molecule has 1 fully saturated rings. The average Bonchev–Trinajstić information content (AvgIpc) is 2.75. The molecular formula is C26H26F4. The summed E-state index contributed by atoms with van der Waals surface area (Å²) >= 11 is 0. The minimum atomic E-state index is -1.53. The van der Waals surface area contributed by atoms with Crippen molar-refractivity contribution in [3.63, 3.8) is 0 Å². The van der Waals surface area contributed by atoms with Crippen molar-refractivity contribution in [2.45, 2.75) is 58.3 Å². The van der Waals surface area contributed by atoms with Gasteiger partial charge in [0.25, 0.3) is 0 Å². The van der Waals surface area contributed by atoms with E-state index < -0.39 is 23.3 Å². The van der Waals surface area contributed by atoms with E-state index in [1.54, 1.807) is 12.1 Å². The Morgan fingerprint density at radius 2 is 1.47 bits per heavy atom. The van der Waals surface area contributed by atoms with Gasteiger partial charge in [-0.3, -0.25) is 0 Å². The fraction of sp³-hybridized carbons (Fsp3) is 0.462. The van der Waals surface area contributed by atoms with Gasteiger partial charge in [0.05, 0.1) is 5.56 Å². The fourth-order valence-electron chi connectivity index (χ4n) is 5.14. The van der Waals surface area contributed by atoms with E-state index in [4.69, 9.17) is 0 Å². The molecule has 0 radical (unpaired) electrons. The molecule has 0 N–H and O–H groups in total. The van der Waals surface area contributed by atoms with Gasteiger partial charge in [0.1, 0.15) is 5.82 Å². The van der Waals surface area contributed by atoms with Gasteiger partial charge in [0.2, 0.25) is 0 Å². The monoisotopic (exact) mass is 414 g/mol. The van der Waals surface area contributed by atoms with Crippen molar-refractivity contribution in [1.82, 2.24) is 0 Å². The predicted octanol–water partition coefficient (Wildman–Crippen LogP) is 6.96. The van der Waals surface area contributed by atoms with Crippen molar-refractivity contribution in [3.05, 3.63) is 69.8 Å². The molecule has 2 aromatic rings. The molecule has 1 atom stereocenters. The van der Waals surface area contributed by atoms with E-state index in [-0.39, 0.29) is 11.1 Å². The minimum Gasteiger partial charge on any atom is -0.206 e. The molecule has 2 aliphatic rings. The van der Waals surface area contributed by atoms with E-state index in [1.807, 2.05) is 0 Å². The fourth-order valence-corrected chi connectivity index (χ4v) is 5.14. The van der Waals surface area contributed by atoms with E-state index in [9.17, 15) is 17.6 Å². The summed E-state index contributed by atoms with van der Waals surface area (Å²) in [7, 11) is 0. The maximum absolute atomic E-state index is 14.7. The van der Waals surface area contributed by atoms with E-state index >= 15 is 0 Å². The molecule has 0 aliphatic heterocycles. The first kappa shape index (κ1) is 21.0. The molecule has 0 spiro atoms. The van der Waals surface area contributed by atoms with E-state index in [0.29, 0.717) is 5.92 Å². The Bertz CT molecular complexity index is 967. The van der Waals surface area contributed by atoms with Crippen LogP contribution in [-0.2, 0) is 12.8 Å². The molecule has 4 heteroatoms. The Hall–Kier alpha value is -2.28. The summed E-state index contributed by atoms with van der Waals surface area (Å²) in [6.07, 6.45) is 9.41. The van der Waals surface area contributed by atoms with Crippen LogP contribution in [0.2, 0.25) is 0 Å². The second kappa shape index (κ2) is 8.84. The van der Waals surface area contributed by atoms with Crippen LogP contribution < -0.4 is 0 Å². The lowest BCUT2D eigenvalue weighted by atomic mass is 9.69. The summed E-state index contributed by atoms with van der Waals surface area (Å²) < 4.78 is 54.4. The van der Waals surface area contributed by atoms with Crippen LogP contribution in [0.3, 0.4) is 0 Å². The first-order valence-electron chi connectivity index (χ1n) is 10.9. The molecule has 0 amide bonds. The van der Waals surface area contributed by atoms with Crippen molar-refractivity contribution in [2.24, 2.45) is 17.8 Å². The lowest BCUT2D eigenvalue weighted by Crippen LogP contribution is -2.26. The first-order valence-corrected chi connectivity index (χ1v) is 10.9. The third-order valence-corrected chi connectivity index (χ3v) is 7.02. The summed E-state index contributed by atoms with van der Waals surface area (Å²) in [5, 5.41) is 0. The molecule has 2 aromatic carbocycles. The Morgan fingerprint density at radius 3 is 2.13 bits per heavy atom. The number of halogens is 4. The standard InChI is InChI=1S/C26H26F4/c1-2-16-3-6-18(7-4-16)19-9-10-20-13-21(23(27)15-22(20)14-19)8-5-17-11-24(28)26(30)25(29)12-17/h11-13,15-16,18-19H,2-4,6-7,9-10,14H2,1H3. The lowest BCUT2D eigenvalue weighted by Gasteiger charge is -2.36. The highest BCUT2D eigenvalue weighted by molar-refractivity contribution is 5.47. The Kier molecular flexibility index (Phi) is 6.18. The topological polar surface area (TPSA) is 0 Å². The van der Waals surface area contributed by atoms with Crippen molar-refractivity contribution in [3.8, 4) is 11.8 Å². The smallest absolute Gasteiger partial charge is 0.194 e. The van der Waals surface area contributed by atoms with Gasteiger partial charge in [-0.05, 0) is 85.3 Å². The van der Waals surface area contributed by atoms with Crippen molar-refractivity contribution in [1.29, 1.82) is 0 Å². The van der Waals surface area contributed by atoms with Crippen molar-refractivity contribution in [2.75, 3.05) is 0 Å². The van der Waals surface area contributed by atoms with Crippen LogP contribution in [0, 0.1) is 52.9 Å². The Balaban J connectivity index is 1.50. The van der Waals surface area contributed by atoms with Gasteiger partial charge in [-0.15, -0.1) is 0 Å². The summed E-state index contributed by atoms with van der Waals surface area (Å²) in [6.45, 7) is 2.27. The Morgan fingerprint density at radius 1 is 0.767 bits per heavy atom. The number of fused-ring (bicyclic) bond motifs is 1. The van der Waals surface area contributed by atoms with E-state index in [2.05, 4.69) is 18.8 Å². The van der Waals surface area contributed by atoms with Gasteiger partial charge >= 0.3 is 0 Å². The molecular weight excluding hydrogens is 388 g/mol. The number of hydrogen-bond acceptors (Lipinski definition) is 0. The molecule has 2 aliphatic carbocycles. The molecule has 0 aromatic heterocycles. The van der Waals surface area contributed by atoms with Crippen LogP contribution in [0.15, 0.2) is 24.3 Å². The molecule has 1 saturated carbocycles.